The van der Waals surface area contributed by atoms with Crippen molar-refractivity contribution in [3.63, 3.8) is 0 Å². The van der Waals surface area contributed by atoms with Crippen molar-refractivity contribution in [3.05, 3.63) is 83.3 Å². The molecule has 2 amide bonds. The Morgan fingerprint density at radius 2 is 1.78 bits per heavy atom. The van der Waals surface area contributed by atoms with E-state index in [1.807, 2.05) is 18.2 Å². The molecule has 7 nitrogen and oxygen atoms in total. The van der Waals surface area contributed by atoms with E-state index >= 15 is 0 Å². The molecule has 1 aromatic heterocycles. The third kappa shape index (κ3) is 4.94. The molecule has 0 atom stereocenters. The second kappa shape index (κ2) is 9.60. The Hall–Kier alpha value is -3.74. The molecular formula is C25H26N2O5. The molecule has 32 heavy (non-hydrogen) atoms. The van der Waals surface area contributed by atoms with Gasteiger partial charge in [-0.1, -0.05) is 18.2 Å². The first-order valence-corrected chi connectivity index (χ1v) is 10.5. The Kier molecular flexibility index (Phi) is 6.44. The minimum absolute atomic E-state index is 0.0660. The smallest absolute Gasteiger partial charge is 0.258 e. The largest absolute Gasteiger partial charge is 0.493 e. The molecule has 1 aliphatic rings. The Morgan fingerprint density at radius 3 is 2.41 bits per heavy atom. The molecular weight excluding hydrogens is 408 g/mol. The van der Waals surface area contributed by atoms with Crippen LogP contribution >= 0.6 is 0 Å². The summed E-state index contributed by atoms with van der Waals surface area (Å²) in [5.74, 6) is 1.26. The fraction of sp³-hybridized carbons (Fsp3) is 0.280. The minimum atomic E-state index is -0.215. The molecule has 4 rings (SSSR count). The first-order chi connectivity index (χ1) is 15.6. The van der Waals surface area contributed by atoms with Crippen LogP contribution in [0.2, 0.25) is 0 Å². The summed E-state index contributed by atoms with van der Waals surface area (Å²) in [4.78, 5) is 27.4. The van der Waals surface area contributed by atoms with Crippen LogP contribution in [0, 0.1) is 0 Å². The second-order valence-electron chi connectivity index (χ2n) is 7.73. The van der Waals surface area contributed by atoms with E-state index in [2.05, 4.69) is 5.32 Å². The van der Waals surface area contributed by atoms with E-state index in [4.69, 9.17) is 13.9 Å². The molecule has 0 aliphatic heterocycles. The molecule has 0 bridgehead atoms. The summed E-state index contributed by atoms with van der Waals surface area (Å²) in [5.41, 5.74) is 1.91. The zero-order chi connectivity index (χ0) is 22.5. The minimum Gasteiger partial charge on any atom is -0.493 e. The van der Waals surface area contributed by atoms with E-state index in [-0.39, 0.29) is 18.4 Å². The molecule has 3 aromatic rings. The Labute approximate surface area is 186 Å². The van der Waals surface area contributed by atoms with Gasteiger partial charge in [0.25, 0.3) is 11.8 Å². The zero-order valence-electron chi connectivity index (χ0n) is 18.2. The van der Waals surface area contributed by atoms with Crippen LogP contribution in [0.1, 0.15) is 44.9 Å². The highest BCUT2D eigenvalue weighted by Gasteiger charge is 2.25. The van der Waals surface area contributed by atoms with Gasteiger partial charge in [0.2, 0.25) is 0 Å². The Morgan fingerprint density at radius 1 is 1.00 bits per heavy atom. The van der Waals surface area contributed by atoms with Crippen molar-refractivity contribution in [1.29, 1.82) is 0 Å². The number of para-hydroxylation sites is 1. The molecule has 7 heteroatoms. The number of methoxy groups -OCH3 is 2. The summed E-state index contributed by atoms with van der Waals surface area (Å²) in [6, 6.07) is 16.5. The quantitative estimate of drug-likeness (QED) is 0.550. The lowest BCUT2D eigenvalue weighted by atomic mass is 10.1. The molecule has 0 unspecified atom stereocenters. The van der Waals surface area contributed by atoms with Crippen LogP contribution in [0.25, 0.3) is 0 Å². The van der Waals surface area contributed by atoms with Crippen molar-refractivity contribution >= 4 is 11.8 Å². The first-order valence-electron chi connectivity index (χ1n) is 10.5. The highest BCUT2D eigenvalue weighted by molar-refractivity contribution is 5.98. The van der Waals surface area contributed by atoms with Gasteiger partial charge in [0, 0.05) is 18.2 Å². The van der Waals surface area contributed by atoms with E-state index in [0.717, 1.165) is 18.4 Å². The summed E-state index contributed by atoms with van der Waals surface area (Å²) in [6.07, 6.45) is 3.67. The van der Waals surface area contributed by atoms with Crippen molar-refractivity contribution < 1.29 is 23.5 Å². The third-order valence-corrected chi connectivity index (χ3v) is 5.35. The van der Waals surface area contributed by atoms with Crippen molar-refractivity contribution in [2.75, 3.05) is 14.2 Å². The average molecular weight is 434 g/mol. The van der Waals surface area contributed by atoms with Crippen LogP contribution < -0.4 is 14.8 Å². The fourth-order valence-corrected chi connectivity index (χ4v) is 3.49. The number of nitrogens with one attached hydrogen (secondary N) is 1. The molecule has 2 aromatic carbocycles. The molecule has 0 spiro atoms. The van der Waals surface area contributed by atoms with Gasteiger partial charge in [-0.2, -0.15) is 0 Å². The molecule has 166 valence electrons. The van der Waals surface area contributed by atoms with Crippen LogP contribution in [0.15, 0.2) is 65.3 Å². The SMILES string of the molecule is COc1cccc(C(=O)N(Cc2ccc(C(=O)NC3CC3)cc2)Cc2ccco2)c1OC. The van der Waals surface area contributed by atoms with Gasteiger partial charge in [0.1, 0.15) is 5.76 Å². The predicted octanol–water partition coefficient (Wildman–Crippen LogP) is 4.03. The Balaban J connectivity index is 1.57. The van der Waals surface area contributed by atoms with E-state index in [9.17, 15) is 9.59 Å². The lowest BCUT2D eigenvalue weighted by Gasteiger charge is -2.23. The van der Waals surface area contributed by atoms with Gasteiger partial charge < -0.3 is 24.1 Å². The lowest BCUT2D eigenvalue weighted by molar-refractivity contribution is 0.0713. The van der Waals surface area contributed by atoms with E-state index in [0.29, 0.717) is 41.0 Å². The summed E-state index contributed by atoms with van der Waals surface area (Å²) >= 11 is 0. The van der Waals surface area contributed by atoms with Crippen LogP contribution in [-0.4, -0.2) is 37.0 Å². The molecule has 0 radical (unpaired) electrons. The normalized spacial score (nSPS) is 12.8. The van der Waals surface area contributed by atoms with Crippen LogP contribution in [0.4, 0.5) is 0 Å². The maximum absolute atomic E-state index is 13.5. The standard InChI is InChI=1S/C25H26N2O5/c1-30-22-7-3-6-21(23(22)31-2)25(29)27(16-20-5-4-14-32-20)15-17-8-10-18(11-9-17)24(28)26-19-12-13-19/h3-11,14,19H,12-13,15-16H2,1-2H3,(H,26,28). The van der Waals surface area contributed by atoms with E-state index in [1.54, 1.807) is 47.6 Å². The number of hydrogen-bond acceptors (Lipinski definition) is 5. The number of carbonyl (C=O) groups excluding carboxylic acids is 2. The maximum atomic E-state index is 13.5. The highest BCUT2D eigenvalue weighted by Crippen LogP contribution is 2.32. The van der Waals surface area contributed by atoms with Crippen LogP contribution in [0.3, 0.4) is 0 Å². The molecule has 1 aliphatic carbocycles. The highest BCUT2D eigenvalue weighted by atomic mass is 16.5. The van der Waals surface area contributed by atoms with Crippen molar-refractivity contribution in [2.24, 2.45) is 0 Å². The van der Waals surface area contributed by atoms with Crippen molar-refractivity contribution in [3.8, 4) is 11.5 Å². The van der Waals surface area contributed by atoms with Gasteiger partial charge in [-0.3, -0.25) is 9.59 Å². The molecule has 1 N–H and O–H groups in total. The topological polar surface area (TPSA) is 81.0 Å². The maximum Gasteiger partial charge on any atom is 0.258 e. The Bertz CT molecular complexity index is 1070. The van der Waals surface area contributed by atoms with Gasteiger partial charge in [0.05, 0.1) is 32.6 Å². The molecule has 1 fully saturated rings. The number of ether oxygens (including phenoxy) is 2. The molecule has 1 heterocycles. The van der Waals surface area contributed by atoms with E-state index < -0.39 is 0 Å². The van der Waals surface area contributed by atoms with Crippen LogP contribution in [0.5, 0.6) is 11.5 Å². The van der Waals surface area contributed by atoms with Gasteiger partial charge in [-0.05, 0) is 54.8 Å². The lowest BCUT2D eigenvalue weighted by Crippen LogP contribution is -2.30. The fourth-order valence-electron chi connectivity index (χ4n) is 3.49. The van der Waals surface area contributed by atoms with Gasteiger partial charge >= 0.3 is 0 Å². The first kappa shape index (κ1) is 21.5. The number of carbonyl (C=O) groups is 2. The predicted molar refractivity (Wildman–Crippen MR) is 119 cm³/mol. The summed E-state index contributed by atoms with van der Waals surface area (Å²) in [5, 5.41) is 2.98. The number of rotatable bonds is 9. The summed E-state index contributed by atoms with van der Waals surface area (Å²) in [6.45, 7) is 0.626. The number of amides is 2. The number of furan rings is 1. The zero-order valence-corrected chi connectivity index (χ0v) is 18.2. The molecule has 0 saturated heterocycles. The molecule has 1 saturated carbocycles. The van der Waals surface area contributed by atoms with Gasteiger partial charge in [-0.25, -0.2) is 0 Å². The van der Waals surface area contributed by atoms with Crippen molar-refractivity contribution in [1.82, 2.24) is 10.2 Å². The van der Waals surface area contributed by atoms with Gasteiger partial charge in [-0.15, -0.1) is 0 Å². The monoisotopic (exact) mass is 434 g/mol. The summed E-state index contributed by atoms with van der Waals surface area (Å²) in [7, 11) is 3.05. The van der Waals surface area contributed by atoms with Gasteiger partial charge in [0.15, 0.2) is 11.5 Å². The number of hydrogen-bond donors (Lipinski definition) is 1. The number of nitrogens with zero attached hydrogens (tertiary/aromatic N) is 1. The average Bonchev–Trinajstić information content (AvgIpc) is 3.49. The third-order valence-electron chi connectivity index (χ3n) is 5.35. The van der Waals surface area contributed by atoms with E-state index in [1.165, 1.54) is 14.2 Å². The summed E-state index contributed by atoms with van der Waals surface area (Å²) < 4.78 is 16.3. The van der Waals surface area contributed by atoms with Crippen molar-refractivity contribution in [2.45, 2.75) is 32.0 Å². The second-order valence-corrected chi connectivity index (χ2v) is 7.73. The van der Waals surface area contributed by atoms with Crippen LogP contribution in [-0.2, 0) is 13.1 Å². The number of benzene rings is 2.